The van der Waals surface area contributed by atoms with Crippen LogP contribution in [0.1, 0.15) is 0 Å². The molecule has 0 spiro atoms. The van der Waals surface area contributed by atoms with Crippen molar-refractivity contribution in [1.82, 2.24) is 0 Å². The molecular weight excluding hydrogens is 901 g/mol. The first-order chi connectivity index (χ1) is 35.1. The van der Waals surface area contributed by atoms with Crippen molar-refractivity contribution in [3.05, 3.63) is 255 Å². The van der Waals surface area contributed by atoms with Gasteiger partial charge in [-0.25, -0.2) is 0 Å². The first kappa shape index (κ1) is 41.3. The summed E-state index contributed by atoms with van der Waals surface area (Å²) < 4.78 is 11.7. The molecule has 71 heavy (non-hydrogen) atoms. The first-order valence-electron chi connectivity index (χ1n) is 24.0. The van der Waals surface area contributed by atoms with Gasteiger partial charge in [0.15, 0.2) is 0 Å². The topological polar surface area (TPSA) is 19.6 Å². The van der Waals surface area contributed by atoms with Crippen molar-refractivity contribution in [2.75, 3.05) is 9.80 Å². The van der Waals surface area contributed by atoms with E-state index in [2.05, 4.69) is 259 Å². The second-order valence-electron chi connectivity index (χ2n) is 18.1. The van der Waals surface area contributed by atoms with Crippen LogP contribution in [0.4, 0.5) is 34.1 Å². The molecule has 0 saturated carbocycles. The van der Waals surface area contributed by atoms with E-state index in [0.717, 1.165) is 72.8 Å². The van der Waals surface area contributed by atoms with Gasteiger partial charge < -0.3 is 14.2 Å². The molecular formula is C66H42N2OS2. The molecule has 0 aliphatic carbocycles. The molecule has 3 aromatic heterocycles. The molecule has 0 N–H and O–H groups in total. The highest BCUT2D eigenvalue weighted by Gasteiger charge is 2.22. The Balaban J connectivity index is 1.02. The summed E-state index contributed by atoms with van der Waals surface area (Å²) in [5, 5.41) is 7.30. The predicted molar refractivity (Wildman–Crippen MR) is 305 cm³/mol. The van der Waals surface area contributed by atoms with Crippen LogP contribution in [0.25, 0.3) is 95.7 Å². The average Bonchev–Trinajstić information content (AvgIpc) is 4.13. The van der Waals surface area contributed by atoms with Crippen molar-refractivity contribution in [2.24, 2.45) is 0 Å². The zero-order valence-corrected chi connectivity index (χ0v) is 40.0. The molecule has 3 heterocycles. The van der Waals surface area contributed by atoms with E-state index >= 15 is 0 Å². The summed E-state index contributed by atoms with van der Waals surface area (Å²) in [6.45, 7) is 0. The van der Waals surface area contributed by atoms with Crippen LogP contribution in [-0.4, -0.2) is 0 Å². The molecule has 14 rings (SSSR count). The van der Waals surface area contributed by atoms with Gasteiger partial charge in [0.1, 0.15) is 11.2 Å². The fraction of sp³-hybridized carbons (Fsp3) is 0. The van der Waals surface area contributed by atoms with Crippen molar-refractivity contribution in [3.8, 4) is 33.4 Å². The number of anilines is 6. The third-order valence-corrected chi connectivity index (χ3v) is 16.1. The molecule has 0 saturated heterocycles. The molecule has 0 fully saturated rings. The highest BCUT2D eigenvalue weighted by Crippen LogP contribution is 2.47. The maximum absolute atomic E-state index is 6.60. The van der Waals surface area contributed by atoms with Crippen molar-refractivity contribution >= 4 is 119 Å². The predicted octanol–water partition coefficient (Wildman–Crippen LogP) is 20.3. The van der Waals surface area contributed by atoms with Crippen LogP contribution in [0, 0.1) is 0 Å². The SMILES string of the molecule is c1ccc(-c2ccc(N(c3cc(-c4ccc5sc6ccccc6c5c4)cc(N(c4ccc(-c5ccccc5)cc4)c4ccc5c(c4)sc4ccccc45)c3)c3ccc4c(c3)oc3ccccc34)cc2)cc1. The van der Waals surface area contributed by atoms with E-state index < -0.39 is 0 Å². The van der Waals surface area contributed by atoms with E-state index in [1.807, 2.05) is 28.7 Å². The van der Waals surface area contributed by atoms with Crippen molar-refractivity contribution in [2.45, 2.75) is 0 Å². The molecule has 0 amide bonds. The number of furan rings is 1. The quantitative estimate of drug-likeness (QED) is 0.144. The lowest BCUT2D eigenvalue weighted by Gasteiger charge is -2.30. The van der Waals surface area contributed by atoms with Gasteiger partial charge in [-0.2, -0.15) is 0 Å². The van der Waals surface area contributed by atoms with Gasteiger partial charge in [0.2, 0.25) is 0 Å². The maximum atomic E-state index is 6.60. The van der Waals surface area contributed by atoms with Gasteiger partial charge in [-0.05, 0) is 130 Å². The molecule has 0 atom stereocenters. The van der Waals surface area contributed by atoms with E-state index in [-0.39, 0.29) is 0 Å². The maximum Gasteiger partial charge on any atom is 0.137 e. The minimum Gasteiger partial charge on any atom is -0.456 e. The van der Waals surface area contributed by atoms with Crippen molar-refractivity contribution in [3.63, 3.8) is 0 Å². The van der Waals surface area contributed by atoms with Gasteiger partial charge in [-0.3, -0.25) is 0 Å². The Morgan fingerprint density at radius 3 is 1.30 bits per heavy atom. The number of nitrogens with zero attached hydrogens (tertiary/aromatic N) is 2. The Bertz CT molecular complexity index is 4070. The number of hydrogen-bond donors (Lipinski definition) is 0. The summed E-state index contributed by atoms with van der Waals surface area (Å²) in [5.74, 6) is 0. The van der Waals surface area contributed by atoms with E-state index in [1.54, 1.807) is 0 Å². The minimum absolute atomic E-state index is 0.845. The van der Waals surface area contributed by atoms with Crippen LogP contribution in [0.5, 0.6) is 0 Å². The lowest BCUT2D eigenvalue weighted by molar-refractivity contribution is 0.669. The van der Waals surface area contributed by atoms with Crippen LogP contribution in [-0.2, 0) is 0 Å². The smallest absolute Gasteiger partial charge is 0.137 e. The van der Waals surface area contributed by atoms with Crippen LogP contribution >= 0.6 is 22.7 Å². The number of fused-ring (bicyclic) bond motifs is 9. The molecule has 0 bridgehead atoms. The van der Waals surface area contributed by atoms with Gasteiger partial charge in [-0.15, -0.1) is 22.7 Å². The Morgan fingerprint density at radius 1 is 0.225 bits per heavy atom. The van der Waals surface area contributed by atoms with E-state index in [9.17, 15) is 0 Å². The number of para-hydroxylation sites is 1. The van der Waals surface area contributed by atoms with E-state index in [1.165, 1.54) is 57.0 Å². The van der Waals surface area contributed by atoms with Gasteiger partial charge in [0.05, 0.1) is 0 Å². The fourth-order valence-electron chi connectivity index (χ4n) is 10.4. The van der Waals surface area contributed by atoms with Gasteiger partial charge in [0, 0.05) is 91.3 Å². The summed E-state index contributed by atoms with van der Waals surface area (Å²) in [7, 11) is 0. The van der Waals surface area contributed by atoms with Crippen LogP contribution < -0.4 is 9.80 Å². The highest BCUT2D eigenvalue weighted by molar-refractivity contribution is 7.26. The molecule has 0 aliphatic heterocycles. The lowest BCUT2D eigenvalue weighted by Crippen LogP contribution is -2.13. The van der Waals surface area contributed by atoms with E-state index in [4.69, 9.17) is 4.42 Å². The minimum atomic E-state index is 0.845. The zero-order valence-electron chi connectivity index (χ0n) is 38.4. The normalized spacial score (nSPS) is 11.7. The molecule has 0 unspecified atom stereocenters. The second-order valence-corrected chi connectivity index (χ2v) is 20.3. The van der Waals surface area contributed by atoms with Crippen LogP contribution in [0.15, 0.2) is 259 Å². The summed E-state index contributed by atoms with van der Waals surface area (Å²) in [5.41, 5.74) is 14.9. The summed E-state index contributed by atoms with van der Waals surface area (Å²) in [6.07, 6.45) is 0. The number of rotatable bonds is 9. The zero-order chi connectivity index (χ0) is 46.8. The Morgan fingerprint density at radius 2 is 0.662 bits per heavy atom. The summed E-state index contributed by atoms with van der Waals surface area (Å²) in [6, 6.07) is 92.7. The Labute approximate surface area is 419 Å². The Hall–Kier alpha value is -8.74. The molecule has 0 radical (unpaired) electrons. The van der Waals surface area contributed by atoms with Crippen LogP contribution in [0.2, 0.25) is 0 Å². The molecule has 3 nitrogen and oxygen atoms in total. The van der Waals surface area contributed by atoms with Crippen molar-refractivity contribution in [1.29, 1.82) is 0 Å². The lowest BCUT2D eigenvalue weighted by atomic mass is 9.99. The number of hydrogen-bond acceptors (Lipinski definition) is 5. The standard InChI is InChI=1S/C66H42N2OS2/c1-3-13-43(14-4-1)45-23-28-49(29-24-45)67(51-32-34-56-55-17-7-10-20-61(55)69-62(56)41-51)53-37-48(47-27-36-65-60(39-47)58-19-9-12-22-64(58)70-65)38-54(40-53)68(50-30-25-46(26-31-50)44-15-5-2-6-16-44)52-33-35-59-57-18-8-11-21-63(57)71-66(59)42-52/h1-42H. The number of benzene rings is 11. The second kappa shape index (κ2) is 17.0. The molecule has 5 heteroatoms. The largest absolute Gasteiger partial charge is 0.456 e. The highest BCUT2D eigenvalue weighted by atomic mass is 32.1. The number of thiophene rings is 2. The fourth-order valence-corrected chi connectivity index (χ4v) is 12.6. The summed E-state index contributed by atoms with van der Waals surface area (Å²) in [4.78, 5) is 4.82. The van der Waals surface area contributed by atoms with Gasteiger partial charge in [0.25, 0.3) is 0 Å². The van der Waals surface area contributed by atoms with Gasteiger partial charge >= 0.3 is 0 Å². The van der Waals surface area contributed by atoms with E-state index in [0.29, 0.717) is 0 Å². The van der Waals surface area contributed by atoms with Crippen LogP contribution in [0.3, 0.4) is 0 Å². The molecule has 11 aromatic carbocycles. The molecule has 334 valence electrons. The third kappa shape index (κ3) is 7.33. The monoisotopic (exact) mass is 942 g/mol. The van der Waals surface area contributed by atoms with Crippen molar-refractivity contribution < 1.29 is 4.42 Å². The molecule has 14 aromatic rings. The Kier molecular flexibility index (Phi) is 9.90. The molecule has 0 aliphatic rings. The first-order valence-corrected chi connectivity index (χ1v) is 25.6. The third-order valence-electron chi connectivity index (χ3n) is 13.8. The van der Waals surface area contributed by atoms with Gasteiger partial charge in [-0.1, -0.05) is 152 Å². The summed E-state index contributed by atoms with van der Waals surface area (Å²) >= 11 is 3.70. The average molecular weight is 943 g/mol.